The Labute approximate surface area is 109 Å². The van der Waals surface area contributed by atoms with Gasteiger partial charge < -0.3 is 10.2 Å². The second-order valence-electron chi connectivity index (χ2n) is 4.72. The predicted octanol–water partition coefficient (Wildman–Crippen LogP) is 1.31. The summed E-state index contributed by atoms with van der Waals surface area (Å²) in [5, 5.41) is 2.79. The fourth-order valence-electron chi connectivity index (χ4n) is 2.18. The zero-order valence-electron chi connectivity index (χ0n) is 11.2. The molecule has 100 valence electrons. The van der Waals surface area contributed by atoms with E-state index in [0.717, 1.165) is 25.7 Å². The summed E-state index contributed by atoms with van der Waals surface area (Å²) < 4.78 is 0. The van der Waals surface area contributed by atoms with Crippen molar-refractivity contribution in [3.63, 3.8) is 0 Å². The molecule has 1 aliphatic heterocycles. The van der Waals surface area contributed by atoms with Crippen LogP contribution in [0.5, 0.6) is 0 Å². The van der Waals surface area contributed by atoms with Gasteiger partial charge in [-0.3, -0.25) is 9.59 Å². The van der Waals surface area contributed by atoms with E-state index in [1.807, 2.05) is 6.92 Å². The highest BCUT2D eigenvalue weighted by Crippen LogP contribution is 2.14. The van der Waals surface area contributed by atoms with Crippen LogP contribution in [0.1, 0.15) is 46.0 Å². The van der Waals surface area contributed by atoms with E-state index in [-0.39, 0.29) is 23.9 Å². The first-order chi connectivity index (χ1) is 8.61. The van der Waals surface area contributed by atoms with Crippen molar-refractivity contribution < 1.29 is 9.59 Å². The molecule has 2 atom stereocenters. The van der Waals surface area contributed by atoms with Gasteiger partial charge >= 0.3 is 0 Å². The lowest BCUT2D eigenvalue weighted by Crippen LogP contribution is -2.62. The van der Waals surface area contributed by atoms with E-state index >= 15 is 0 Å². The fraction of sp³-hybridized carbons (Fsp3) is 0.714. The lowest BCUT2D eigenvalue weighted by molar-refractivity contribution is -0.148. The Hall–Kier alpha value is -1.50. The molecule has 0 spiro atoms. The van der Waals surface area contributed by atoms with Crippen molar-refractivity contribution in [2.45, 2.75) is 58.0 Å². The first kappa shape index (κ1) is 14.6. The van der Waals surface area contributed by atoms with E-state index in [2.05, 4.69) is 11.2 Å². The molecule has 2 unspecified atom stereocenters. The molecular formula is C14H22N2O2. The SMILES string of the molecule is C#CCCCCN1C(=O)C(CCC)NC(=O)C1C. The Morgan fingerprint density at radius 2 is 2.11 bits per heavy atom. The molecule has 0 aromatic heterocycles. The number of carbonyl (C=O) groups is 2. The second kappa shape index (κ2) is 7.05. The van der Waals surface area contributed by atoms with Crippen molar-refractivity contribution in [1.82, 2.24) is 10.2 Å². The molecule has 1 fully saturated rings. The molecule has 1 rings (SSSR count). The number of unbranched alkanes of at least 4 members (excludes halogenated alkanes) is 2. The Bertz CT molecular complexity index is 346. The maximum Gasteiger partial charge on any atom is 0.245 e. The average Bonchev–Trinajstić information content (AvgIpc) is 2.35. The third kappa shape index (κ3) is 3.49. The van der Waals surface area contributed by atoms with Crippen molar-refractivity contribution in [2.24, 2.45) is 0 Å². The maximum atomic E-state index is 12.2. The number of hydrogen-bond donors (Lipinski definition) is 1. The number of nitrogens with zero attached hydrogens (tertiary/aromatic N) is 1. The number of piperazine rings is 1. The van der Waals surface area contributed by atoms with E-state index in [0.29, 0.717) is 13.0 Å². The average molecular weight is 250 g/mol. The van der Waals surface area contributed by atoms with E-state index in [9.17, 15) is 9.59 Å². The monoisotopic (exact) mass is 250 g/mol. The molecular weight excluding hydrogens is 228 g/mol. The van der Waals surface area contributed by atoms with Crippen LogP contribution in [0.4, 0.5) is 0 Å². The van der Waals surface area contributed by atoms with Crippen LogP contribution in [-0.4, -0.2) is 35.3 Å². The van der Waals surface area contributed by atoms with Crippen molar-refractivity contribution in [3.05, 3.63) is 0 Å². The van der Waals surface area contributed by atoms with Crippen LogP contribution in [0.25, 0.3) is 0 Å². The van der Waals surface area contributed by atoms with Crippen molar-refractivity contribution >= 4 is 11.8 Å². The second-order valence-corrected chi connectivity index (χ2v) is 4.72. The molecule has 4 nitrogen and oxygen atoms in total. The highest BCUT2D eigenvalue weighted by Gasteiger charge is 2.36. The Kier molecular flexibility index (Phi) is 5.70. The molecule has 0 saturated carbocycles. The molecule has 4 heteroatoms. The zero-order chi connectivity index (χ0) is 13.5. The summed E-state index contributed by atoms with van der Waals surface area (Å²) in [6, 6.07) is -0.706. The number of hydrogen-bond acceptors (Lipinski definition) is 2. The van der Waals surface area contributed by atoms with E-state index in [1.54, 1.807) is 11.8 Å². The van der Waals surface area contributed by atoms with Gasteiger partial charge in [-0.05, 0) is 26.2 Å². The minimum absolute atomic E-state index is 0.0460. The van der Waals surface area contributed by atoms with Gasteiger partial charge in [-0.2, -0.15) is 0 Å². The molecule has 1 heterocycles. The summed E-state index contributed by atoms with van der Waals surface area (Å²) in [5.41, 5.74) is 0. The first-order valence-corrected chi connectivity index (χ1v) is 6.66. The quantitative estimate of drug-likeness (QED) is 0.570. The number of terminal acetylenes is 1. The van der Waals surface area contributed by atoms with Crippen LogP contribution in [0.2, 0.25) is 0 Å². The molecule has 18 heavy (non-hydrogen) atoms. The van der Waals surface area contributed by atoms with Gasteiger partial charge in [-0.15, -0.1) is 12.3 Å². The van der Waals surface area contributed by atoms with Gasteiger partial charge in [-0.25, -0.2) is 0 Å². The number of amides is 2. The molecule has 0 aliphatic carbocycles. The van der Waals surface area contributed by atoms with Crippen LogP contribution in [-0.2, 0) is 9.59 Å². The molecule has 0 aromatic carbocycles. The van der Waals surface area contributed by atoms with Gasteiger partial charge in [-0.1, -0.05) is 13.3 Å². The smallest absolute Gasteiger partial charge is 0.245 e. The Balaban J connectivity index is 2.58. The van der Waals surface area contributed by atoms with Crippen LogP contribution in [0.3, 0.4) is 0 Å². The highest BCUT2D eigenvalue weighted by atomic mass is 16.2. The normalized spacial score (nSPS) is 23.7. The van der Waals surface area contributed by atoms with Crippen LogP contribution < -0.4 is 5.32 Å². The van der Waals surface area contributed by atoms with Gasteiger partial charge in [0.1, 0.15) is 12.1 Å². The molecule has 1 aliphatic rings. The summed E-state index contributed by atoms with van der Waals surface area (Å²) in [6.45, 7) is 4.40. The van der Waals surface area contributed by atoms with Gasteiger partial charge in [0.2, 0.25) is 11.8 Å². The standard InChI is InChI=1S/C14H22N2O2/c1-4-6-7-8-10-16-11(3)13(17)15-12(9-5-2)14(16)18/h1,11-12H,5-10H2,2-3H3,(H,15,17). The molecule has 0 bridgehead atoms. The predicted molar refractivity (Wildman–Crippen MR) is 70.7 cm³/mol. The lowest BCUT2D eigenvalue weighted by Gasteiger charge is -2.37. The summed E-state index contributed by atoms with van der Waals surface area (Å²) in [5.74, 6) is 2.58. The lowest BCUT2D eigenvalue weighted by atomic mass is 10.0. The molecule has 1 N–H and O–H groups in total. The molecule has 1 saturated heterocycles. The largest absolute Gasteiger partial charge is 0.343 e. The number of nitrogens with one attached hydrogen (secondary N) is 1. The van der Waals surface area contributed by atoms with Gasteiger partial charge in [0.15, 0.2) is 0 Å². The molecule has 0 aromatic rings. The third-order valence-electron chi connectivity index (χ3n) is 3.29. The van der Waals surface area contributed by atoms with Crippen molar-refractivity contribution in [3.8, 4) is 12.3 Å². The van der Waals surface area contributed by atoms with E-state index in [1.165, 1.54) is 0 Å². The van der Waals surface area contributed by atoms with Crippen LogP contribution in [0.15, 0.2) is 0 Å². The van der Waals surface area contributed by atoms with Crippen LogP contribution >= 0.6 is 0 Å². The van der Waals surface area contributed by atoms with Crippen molar-refractivity contribution in [1.29, 1.82) is 0 Å². The molecule has 2 amide bonds. The van der Waals surface area contributed by atoms with Crippen molar-refractivity contribution in [2.75, 3.05) is 6.54 Å². The summed E-state index contributed by atoms with van der Waals surface area (Å²) in [4.78, 5) is 25.7. The zero-order valence-corrected chi connectivity index (χ0v) is 11.2. The van der Waals surface area contributed by atoms with Crippen LogP contribution in [0, 0.1) is 12.3 Å². The summed E-state index contributed by atoms with van der Waals surface area (Å²) >= 11 is 0. The topological polar surface area (TPSA) is 49.4 Å². The number of carbonyl (C=O) groups excluding carboxylic acids is 2. The minimum Gasteiger partial charge on any atom is -0.343 e. The van der Waals surface area contributed by atoms with Gasteiger partial charge in [0.05, 0.1) is 0 Å². The van der Waals surface area contributed by atoms with Gasteiger partial charge in [0, 0.05) is 13.0 Å². The number of rotatable bonds is 6. The molecule has 0 radical (unpaired) electrons. The van der Waals surface area contributed by atoms with E-state index < -0.39 is 0 Å². The Morgan fingerprint density at radius 1 is 1.39 bits per heavy atom. The summed E-state index contributed by atoms with van der Waals surface area (Å²) in [6.07, 6.45) is 9.26. The highest BCUT2D eigenvalue weighted by molar-refractivity contribution is 5.96. The third-order valence-corrected chi connectivity index (χ3v) is 3.29. The van der Waals surface area contributed by atoms with Gasteiger partial charge in [0.25, 0.3) is 0 Å². The minimum atomic E-state index is -0.364. The summed E-state index contributed by atoms with van der Waals surface area (Å²) in [7, 11) is 0. The van der Waals surface area contributed by atoms with E-state index in [4.69, 9.17) is 6.42 Å². The maximum absolute atomic E-state index is 12.2. The Morgan fingerprint density at radius 3 is 2.72 bits per heavy atom. The fourth-order valence-corrected chi connectivity index (χ4v) is 2.18. The first-order valence-electron chi connectivity index (χ1n) is 6.66.